The molecule has 0 saturated heterocycles. The van der Waals surface area contributed by atoms with Crippen LogP contribution in [0, 0.1) is 6.92 Å². The lowest BCUT2D eigenvalue weighted by molar-refractivity contribution is 0.150. The Morgan fingerprint density at radius 1 is 0.917 bits per heavy atom. The zero-order valence-corrected chi connectivity index (χ0v) is 14.0. The lowest BCUT2D eigenvalue weighted by Crippen LogP contribution is -2.38. The van der Waals surface area contributed by atoms with Crippen molar-refractivity contribution in [2.45, 2.75) is 32.5 Å². The maximum atomic E-state index is 4.36. The quantitative estimate of drug-likeness (QED) is 0.739. The maximum absolute atomic E-state index is 4.36. The average Bonchev–Trinajstić information content (AvgIpc) is 3.02. The number of aryl methyl sites for hydroxylation is 1. The van der Waals surface area contributed by atoms with Crippen LogP contribution in [0.1, 0.15) is 28.8 Å². The first-order chi connectivity index (χ1) is 11.8. The highest BCUT2D eigenvalue weighted by Gasteiger charge is 2.26. The largest absolute Gasteiger partial charge is 0.313 e. The minimum atomic E-state index is 0.361. The molecule has 4 nitrogen and oxygen atoms in total. The second-order valence-corrected chi connectivity index (χ2v) is 6.40. The fourth-order valence-corrected chi connectivity index (χ4v) is 3.56. The minimum absolute atomic E-state index is 0.361. The topological polar surface area (TPSA) is 34.0 Å². The van der Waals surface area contributed by atoms with Crippen LogP contribution in [0.2, 0.25) is 0 Å². The Hall–Kier alpha value is -2.46. The molecule has 0 bridgehead atoms. The fraction of sp³-hybridized carbons (Fsp3) is 0.300. The molecule has 1 aliphatic rings. The van der Waals surface area contributed by atoms with E-state index in [4.69, 9.17) is 0 Å². The van der Waals surface area contributed by atoms with Crippen LogP contribution in [-0.2, 0) is 19.5 Å². The molecule has 3 aromatic rings. The van der Waals surface area contributed by atoms with Gasteiger partial charge in [-0.15, -0.1) is 10.2 Å². The lowest BCUT2D eigenvalue weighted by Gasteiger charge is -2.35. The molecule has 4 rings (SSSR count). The Morgan fingerprint density at radius 3 is 2.38 bits per heavy atom. The van der Waals surface area contributed by atoms with Gasteiger partial charge in [0.05, 0.1) is 6.54 Å². The van der Waals surface area contributed by atoms with E-state index in [0.717, 1.165) is 37.7 Å². The highest BCUT2D eigenvalue weighted by Crippen LogP contribution is 2.28. The number of hydrogen-bond acceptors (Lipinski definition) is 3. The molecular formula is C20H22N4. The van der Waals surface area contributed by atoms with Gasteiger partial charge in [-0.1, -0.05) is 60.7 Å². The summed E-state index contributed by atoms with van der Waals surface area (Å²) in [5.41, 5.74) is 2.74. The third kappa shape index (κ3) is 2.97. The second kappa shape index (κ2) is 6.57. The summed E-state index contributed by atoms with van der Waals surface area (Å²) in [4.78, 5) is 2.53. The summed E-state index contributed by atoms with van der Waals surface area (Å²) in [6.07, 6.45) is 1.01. The van der Waals surface area contributed by atoms with Crippen molar-refractivity contribution in [3.8, 4) is 0 Å². The van der Waals surface area contributed by atoms with E-state index in [9.17, 15) is 0 Å². The third-order valence-electron chi connectivity index (χ3n) is 4.86. The van der Waals surface area contributed by atoms with Crippen molar-refractivity contribution >= 4 is 0 Å². The predicted molar refractivity (Wildman–Crippen MR) is 94.5 cm³/mol. The van der Waals surface area contributed by atoms with Crippen LogP contribution in [0.5, 0.6) is 0 Å². The molecule has 0 fully saturated rings. The molecular weight excluding hydrogens is 296 g/mol. The molecule has 2 aromatic carbocycles. The van der Waals surface area contributed by atoms with E-state index in [1.165, 1.54) is 11.1 Å². The fourth-order valence-electron chi connectivity index (χ4n) is 3.56. The number of aromatic nitrogens is 3. The molecule has 0 N–H and O–H groups in total. The van der Waals surface area contributed by atoms with Crippen LogP contribution in [0.15, 0.2) is 60.7 Å². The van der Waals surface area contributed by atoms with E-state index in [1.807, 2.05) is 6.92 Å². The van der Waals surface area contributed by atoms with Crippen LogP contribution in [-0.4, -0.2) is 26.2 Å². The first-order valence-corrected chi connectivity index (χ1v) is 8.53. The number of hydrogen-bond donors (Lipinski definition) is 0. The first kappa shape index (κ1) is 15.1. The lowest BCUT2D eigenvalue weighted by atomic mass is 9.97. The molecule has 4 heteroatoms. The SMILES string of the molecule is Cc1nnc2n1CCN([C@H](Cc1ccccc1)c1ccccc1)C2. The summed E-state index contributed by atoms with van der Waals surface area (Å²) < 4.78 is 2.24. The van der Waals surface area contributed by atoms with E-state index in [1.54, 1.807) is 0 Å². The van der Waals surface area contributed by atoms with Crippen molar-refractivity contribution < 1.29 is 0 Å². The number of nitrogens with zero attached hydrogens (tertiary/aromatic N) is 4. The van der Waals surface area contributed by atoms with Crippen molar-refractivity contribution in [1.29, 1.82) is 0 Å². The van der Waals surface area contributed by atoms with E-state index in [-0.39, 0.29) is 0 Å². The zero-order valence-electron chi connectivity index (χ0n) is 14.0. The maximum Gasteiger partial charge on any atom is 0.147 e. The summed E-state index contributed by atoms with van der Waals surface area (Å²) in [5, 5.41) is 8.60. The van der Waals surface area contributed by atoms with Crippen molar-refractivity contribution in [3.63, 3.8) is 0 Å². The molecule has 1 aromatic heterocycles. The van der Waals surface area contributed by atoms with Gasteiger partial charge < -0.3 is 4.57 Å². The summed E-state index contributed by atoms with van der Waals surface area (Å²) >= 11 is 0. The standard InChI is InChI=1S/C20H22N4/c1-16-21-22-20-15-23(12-13-24(16)20)19(18-10-6-3-7-11-18)14-17-8-4-2-5-9-17/h2-11,19H,12-15H2,1H3/t19-/m1/s1. The Balaban J connectivity index is 1.63. The number of benzene rings is 2. The normalized spacial score (nSPS) is 15.9. The Morgan fingerprint density at radius 2 is 1.62 bits per heavy atom. The second-order valence-electron chi connectivity index (χ2n) is 6.40. The predicted octanol–water partition coefficient (Wildman–Crippen LogP) is 3.39. The van der Waals surface area contributed by atoms with E-state index >= 15 is 0 Å². The summed E-state index contributed by atoms with van der Waals surface area (Å²) in [6.45, 7) is 4.88. The highest BCUT2D eigenvalue weighted by molar-refractivity contribution is 5.24. The zero-order chi connectivity index (χ0) is 16.4. The van der Waals surface area contributed by atoms with E-state index < -0.39 is 0 Å². The monoisotopic (exact) mass is 318 g/mol. The smallest absolute Gasteiger partial charge is 0.147 e. The van der Waals surface area contributed by atoms with Gasteiger partial charge in [0.15, 0.2) is 0 Å². The van der Waals surface area contributed by atoms with Gasteiger partial charge in [-0.05, 0) is 24.5 Å². The number of fused-ring (bicyclic) bond motifs is 1. The molecule has 0 unspecified atom stereocenters. The summed E-state index contributed by atoms with van der Waals surface area (Å²) in [6, 6.07) is 21.9. The molecule has 0 spiro atoms. The van der Waals surface area contributed by atoms with Gasteiger partial charge in [0.25, 0.3) is 0 Å². The summed E-state index contributed by atoms with van der Waals surface area (Å²) in [5.74, 6) is 2.09. The van der Waals surface area contributed by atoms with Crippen LogP contribution in [0.25, 0.3) is 0 Å². The van der Waals surface area contributed by atoms with Gasteiger partial charge >= 0.3 is 0 Å². The summed E-state index contributed by atoms with van der Waals surface area (Å²) in [7, 11) is 0. The molecule has 0 amide bonds. The first-order valence-electron chi connectivity index (χ1n) is 8.53. The van der Waals surface area contributed by atoms with Crippen molar-refractivity contribution in [3.05, 3.63) is 83.4 Å². The average molecular weight is 318 g/mol. The van der Waals surface area contributed by atoms with E-state index in [0.29, 0.717) is 6.04 Å². The Labute approximate surface area is 142 Å². The van der Waals surface area contributed by atoms with Crippen LogP contribution >= 0.6 is 0 Å². The van der Waals surface area contributed by atoms with Gasteiger partial charge in [-0.3, -0.25) is 4.90 Å². The highest BCUT2D eigenvalue weighted by atomic mass is 15.3. The molecule has 1 atom stereocenters. The van der Waals surface area contributed by atoms with Crippen LogP contribution < -0.4 is 0 Å². The Kier molecular flexibility index (Phi) is 4.13. The van der Waals surface area contributed by atoms with Gasteiger partial charge in [-0.2, -0.15) is 0 Å². The molecule has 24 heavy (non-hydrogen) atoms. The van der Waals surface area contributed by atoms with Gasteiger partial charge in [0, 0.05) is 19.1 Å². The minimum Gasteiger partial charge on any atom is -0.313 e. The van der Waals surface area contributed by atoms with Crippen LogP contribution in [0.3, 0.4) is 0 Å². The molecule has 0 saturated carbocycles. The molecule has 122 valence electrons. The van der Waals surface area contributed by atoms with Crippen LogP contribution in [0.4, 0.5) is 0 Å². The molecule has 0 radical (unpaired) electrons. The van der Waals surface area contributed by atoms with Gasteiger partial charge in [0.1, 0.15) is 11.6 Å². The molecule has 2 heterocycles. The third-order valence-corrected chi connectivity index (χ3v) is 4.86. The van der Waals surface area contributed by atoms with Gasteiger partial charge in [0.2, 0.25) is 0 Å². The molecule has 0 aliphatic carbocycles. The molecule has 1 aliphatic heterocycles. The number of rotatable bonds is 4. The van der Waals surface area contributed by atoms with Gasteiger partial charge in [-0.25, -0.2) is 0 Å². The van der Waals surface area contributed by atoms with Crippen molar-refractivity contribution in [1.82, 2.24) is 19.7 Å². The Bertz CT molecular complexity index is 795. The van der Waals surface area contributed by atoms with E-state index in [2.05, 4.69) is 80.3 Å². The van der Waals surface area contributed by atoms with Crippen molar-refractivity contribution in [2.75, 3.05) is 6.54 Å². The van der Waals surface area contributed by atoms with Crippen molar-refractivity contribution in [2.24, 2.45) is 0 Å².